The van der Waals surface area contributed by atoms with Gasteiger partial charge in [-0.3, -0.25) is 9.59 Å². The highest BCUT2D eigenvalue weighted by Gasteiger charge is 2.34. The summed E-state index contributed by atoms with van der Waals surface area (Å²) in [5.41, 5.74) is 0.884. The third-order valence-corrected chi connectivity index (χ3v) is 3.47. The van der Waals surface area contributed by atoms with Crippen LogP contribution in [0.4, 0.5) is 0 Å². The third-order valence-electron chi connectivity index (χ3n) is 3.47. The summed E-state index contributed by atoms with van der Waals surface area (Å²) in [6, 6.07) is 5.47. The number of amides is 1. The van der Waals surface area contributed by atoms with Crippen LogP contribution in [0.5, 0.6) is 11.5 Å². The molecule has 0 spiro atoms. The van der Waals surface area contributed by atoms with Gasteiger partial charge < -0.3 is 19.5 Å². The lowest BCUT2D eigenvalue weighted by Gasteiger charge is -2.17. The van der Waals surface area contributed by atoms with E-state index in [0.717, 1.165) is 5.56 Å². The number of likely N-dealkylation sites (tertiary alicyclic amines) is 1. The molecule has 1 N–H and O–H groups in total. The maximum Gasteiger partial charge on any atom is 0.308 e. The standard InChI is InChI=1S/C15H19NO5/c1-3-21-12-5-4-10(6-13(12)20-2)8-16-9-11(15(18)19)7-14(16)17/h4-6,11H,3,7-9H2,1-2H3,(H,18,19)/t11-/m0/s1. The van der Waals surface area contributed by atoms with E-state index in [1.807, 2.05) is 19.1 Å². The predicted molar refractivity (Wildman–Crippen MR) is 75.3 cm³/mol. The number of carboxylic acids is 1. The highest BCUT2D eigenvalue weighted by Crippen LogP contribution is 2.29. The molecule has 0 unspecified atom stereocenters. The first-order valence-electron chi connectivity index (χ1n) is 6.85. The molecular weight excluding hydrogens is 274 g/mol. The van der Waals surface area contributed by atoms with Crippen LogP contribution in [-0.2, 0) is 16.1 Å². The first-order chi connectivity index (χ1) is 10.0. The van der Waals surface area contributed by atoms with Gasteiger partial charge in [0.05, 0.1) is 19.6 Å². The molecule has 21 heavy (non-hydrogen) atoms. The molecule has 1 saturated heterocycles. The van der Waals surface area contributed by atoms with E-state index in [1.54, 1.807) is 18.1 Å². The summed E-state index contributed by atoms with van der Waals surface area (Å²) in [4.78, 5) is 24.3. The number of carbonyl (C=O) groups is 2. The Morgan fingerprint density at radius 1 is 1.43 bits per heavy atom. The van der Waals surface area contributed by atoms with Gasteiger partial charge in [0.15, 0.2) is 11.5 Å². The van der Waals surface area contributed by atoms with Crippen LogP contribution in [0.1, 0.15) is 18.9 Å². The number of carboxylic acid groups (broad SMARTS) is 1. The molecule has 1 aliphatic heterocycles. The Kier molecular flexibility index (Phi) is 4.67. The van der Waals surface area contributed by atoms with Gasteiger partial charge in [-0.1, -0.05) is 6.07 Å². The highest BCUT2D eigenvalue weighted by molar-refractivity contribution is 5.86. The second-order valence-corrected chi connectivity index (χ2v) is 4.93. The number of hydrogen-bond donors (Lipinski definition) is 1. The van der Waals surface area contributed by atoms with E-state index < -0.39 is 11.9 Å². The summed E-state index contributed by atoms with van der Waals surface area (Å²) in [5, 5.41) is 8.98. The Morgan fingerprint density at radius 3 is 2.76 bits per heavy atom. The molecule has 1 fully saturated rings. The second kappa shape index (κ2) is 6.47. The summed E-state index contributed by atoms with van der Waals surface area (Å²) < 4.78 is 10.7. The van der Waals surface area contributed by atoms with Crippen LogP contribution in [0.25, 0.3) is 0 Å². The number of aliphatic carboxylic acids is 1. The second-order valence-electron chi connectivity index (χ2n) is 4.93. The van der Waals surface area contributed by atoms with E-state index in [2.05, 4.69) is 0 Å². The molecule has 0 aliphatic carbocycles. The lowest BCUT2D eigenvalue weighted by Crippen LogP contribution is -2.25. The normalized spacial score (nSPS) is 17.9. The van der Waals surface area contributed by atoms with Crippen LogP contribution in [0.2, 0.25) is 0 Å². The monoisotopic (exact) mass is 293 g/mol. The van der Waals surface area contributed by atoms with Gasteiger partial charge in [-0.05, 0) is 24.6 Å². The van der Waals surface area contributed by atoms with Crippen molar-refractivity contribution in [3.63, 3.8) is 0 Å². The molecule has 1 aromatic rings. The largest absolute Gasteiger partial charge is 0.493 e. The molecule has 6 nitrogen and oxygen atoms in total. The molecule has 0 bridgehead atoms. The minimum Gasteiger partial charge on any atom is -0.493 e. The summed E-state index contributed by atoms with van der Waals surface area (Å²) in [6.07, 6.45) is 0.0729. The van der Waals surface area contributed by atoms with Crippen molar-refractivity contribution >= 4 is 11.9 Å². The SMILES string of the molecule is CCOc1ccc(CN2C[C@@H](C(=O)O)CC2=O)cc1OC. The zero-order chi connectivity index (χ0) is 15.4. The first-order valence-corrected chi connectivity index (χ1v) is 6.85. The third kappa shape index (κ3) is 3.45. The fraction of sp³-hybridized carbons (Fsp3) is 0.467. The maximum atomic E-state index is 11.8. The molecule has 6 heteroatoms. The molecule has 1 aliphatic rings. The van der Waals surface area contributed by atoms with Crippen LogP contribution < -0.4 is 9.47 Å². The van der Waals surface area contributed by atoms with Gasteiger partial charge in [-0.15, -0.1) is 0 Å². The minimum absolute atomic E-state index is 0.0729. The van der Waals surface area contributed by atoms with Crippen LogP contribution in [0, 0.1) is 5.92 Å². The molecule has 114 valence electrons. The van der Waals surface area contributed by atoms with Crippen LogP contribution in [0.3, 0.4) is 0 Å². The first kappa shape index (κ1) is 15.2. The fourth-order valence-electron chi connectivity index (χ4n) is 2.40. The van der Waals surface area contributed by atoms with Crippen molar-refractivity contribution in [1.29, 1.82) is 0 Å². The lowest BCUT2D eigenvalue weighted by atomic mass is 10.1. The maximum absolute atomic E-state index is 11.8. The average molecular weight is 293 g/mol. The molecule has 1 atom stereocenters. The van der Waals surface area contributed by atoms with Gasteiger partial charge in [0.1, 0.15) is 0 Å². The summed E-state index contributed by atoms with van der Waals surface area (Å²) >= 11 is 0. The van der Waals surface area contributed by atoms with E-state index >= 15 is 0 Å². The summed E-state index contributed by atoms with van der Waals surface area (Å²) in [5.74, 6) is -0.400. The smallest absolute Gasteiger partial charge is 0.308 e. The molecular formula is C15H19NO5. The van der Waals surface area contributed by atoms with E-state index in [9.17, 15) is 9.59 Å². The van der Waals surface area contributed by atoms with Crippen molar-refractivity contribution in [2.75, 3.05) is 20.3 Å². The Hall–Kier alpha value is -2.24. The van der Waals surface area contributed by atoms with E-state index in [1.165, 1.54) is 0 Å². The molecule has 1 heterocycles. The Morgan fingerprint density at radius 2 is 2.19 bits per heavy atom. The van der Waals surface area contributed by atoms with Gasteiger partial charge in [0, 0.05) is 19.5 Å². The Labute approximate surface area is 123 Å². The van der Waals surface area contributed by atoms with Crippen molar-refractivity contribution < 1.29 is 24.2 Å². The fourth-order valence-corrected chi connectivity index (χ4v) is 2.40. The Bertz CT molecular complexity index is 543. The molecule has 0 saturated carbocycles. The lowest BCUT2D eigenvalue weighted by molar-refractivity contribution is -0.141. The van der Waals surface area contributed by atoms with Crippen molar-refractivity contribution in [2.24, 2.45) is 5.92 Å². The van der Waals surface area contributed by atoms with Crippen molar-refractivity contribution in [3.05, 3.63) is 23.8 Å². The number of benzene rings is 1. The predicted octanol–water partition coefficient (Wildman–Crippen LogP) is 1.53. The topological polar surface area (TPSA) is 76.1 Å². The summed E-state index contributed by atoms with van der Waals surface area (Å²) in [7, 11) is 1.56. The number of hydrogen-bond acceptors (Lipinski definition) is 4. The zero-order valence-electron chi connectivity index (χ0n) is 12.2. The number of ether oxygens (including phenoxy) is 2. The van der Waals surface area contributed by atoms with Crippen LogP contribution in [-0.4, -0.2) is 42.1 Å². The molecule has 0 aromatic heterocycles. The van der Waals surface area contributed by atoms with Crippen molar-refractivity contribution in [3.8, 4) is 11.5 Å². The minimum atomic E-state index is -0.921. The van der Waals surface area contributed by atoms with Crippen molar-refractivity contribution in [1.82, 2.24) is 4.90 Å². The van der Waals surface area contributed by atoms with E-state index in [4.69, 9.17) is 14.6 Å². The number of carbonyl (C=O) groups excluding carboxylic acids is 1. The Balaban J connectivity index is 2.09. The average Bonchev–Trinajstić information content (AvgIpc) is 2.82. The van der Waals surface area contributed by atoms with E-state index in [-0.39, 0.29) is 18.9 Å². The quantitative estimate of drug-likeness (QED) is 0.860. The van der Waals surface area contributed by atoms with Gasteiger partial charge >= 0.3 is 5.97 Å². The highest BCUT2D eigenvalue weighted by atomic mass is 16.5. The molecule has 1 aromatic carbocycles. The van der Waals surface area contributed by atoms with Crippen LogP contribution in [0.15, 0.2) is 18.2 Å². The number of rotatable bonds is 6. The molecule has 2 rings (SSSR count). The van der Waals surface area contributed by atoms with Gasteiger partial charge in [-0.25, -0.2) is 0 Å². The van der Waals surface area contributed by atoms with Gasteiger partial charge in [-0.2, -0.15) is 0 Å². The number of methoxy groups -OCH3 is 1. The van der Waals surface area contributed by atoms with E-state index in [0.29, 0.717) is 24.7 Å². The van der Waals surface area contributed by atoms with Gasteiger partial charge in [0.25, 0.3) is 0 Å². The van der Waals surface area contributed by atoms with Gasteiger partial charge in [0.2, 0.25) is 5.91 Å². The molecule has 0 radical (unpaired) electrons. The molecule has 1 amide bonds. The number of nitrogens with zero attached hydrogens (tertiary/aromatic N) is 1. The van der Waals surface area contributed by atoms with Crippen molar-refractivity contribution in [2.45, 2.75) is 19.9 Å². The van der Waals surface area contributed by atoms with Crippen LogP contribution >= 0.6 is 0 Å². The summed E-state index contributed by atoms with van der Waals surface area (Å²) in [6.45, 7) is 3.07. The zero-order valence-corrected chi connectivity index (χ0v) is 12.2.